The van der Waals surface area contributed by atoms with E-state index in [9.17, 15) is 0 Å². The van der Waals surface area contributed by atoms with Crippen LogP contribution in [0.15, 0.2) is 24.3 Å². The molecule has 14 heavy (non-hydrogen) atoms. The Morgan fingerprint density at radius 2 is 1.57 bits per heavy atom. The standard InChI is InChI=1S/C12H22O2/c1-4-7-8-9-10-11-12(13-5-2)14-6-3/h4,7,10-12H,5-6,8-9H2,1-3H3/b7-4+,11-10+. The molecule has 0 aromatic carbocycles. The van der Waals surface area contributed by atoms with Gasteiger partial charge in [-0.25, -0.2) is 0 Å². The number of ether oxygens (including phenoxy) is 2. The van der Waals surface area contributed by atoms with Crippen LogP contribution >= 0.6 is 0 Å². The van der Waals surface area contributed by atoms with Crippen LogP contribution in [0.3, 0.4) is 0 Å². The largest absolute Gasteiger partial charge is 0.349 e. The van der Waals surface area contributed by atoms with Crippen molar-refractivity contribution in [3.63, 3.8) is 0 Å². The molecule has 0 spiro atoms. The Labute approximate surface area is 87.6 Å². The van der Waals surface area contributed by atoms with Crippen molar-refractivity contribution in [2.45, 2.75) is 39.9 Å². The molecule has 0 N–H and O–H groups in total. The number of rotatable bonds is 8. The molecule has 0 aromatic rings. The summed E-state index contributed by atoms with van der Waals surface area (Å²) in [6.07, 6.45) is 10.3. The summed E-state index contributed by atoms with van der Waals surface area (Å²) < 4.78 is 10.7. The van der Waals surface area contributed by atoms with E-state index in [0.29, 0.717) is 13.2 Å². The molecule has 0 atom stereocenters. The zero-order valence-electron chi connectivity index (χ0n) is 9.53. The van der Waals surface area contributed by atoms with E-state index >= 15 is 0 Å². The molecule has 82 valence electrons. The van der Waals surface area contributed by atoms with E-state index in [-0.39, 0.29) is 6.29 Å². The first-order valence-corrected chi connectivity index (χ1v) is 5.36. The van der Waals surface area contributed by atoms with Crippen LogP contribution in [0.5, 0.6) is 0 Å². The van der Waals surface area contributed by atoms with Gasteiger partial charge in [-0.2, -0.15) is 0 Å². The Balaban J connectivity index is 3.65. The maximum absolute atomic E-state index is 5.36. The Bertz CT molecular complexity index is 156. The van der Waals surface area contributed by atoms with Gasteiger partial charge in [-0.15, -0.1) is 0 Å². The lowest BCUT2D eigenvalue weighted by Gasteiger charge is -2.11. The number of hydrogen-bond donors (Lipinski definition) is 0. The maximum Gasteiger partial charge on any atom is 0.176 e. The van der Waals surface area contributed by atoms with Gasteiger partial charge in [0.05, 0.1) is 0 Å². The molecule has 0 heterocycles. The first-order valence-electron chi connectivity index (χ1n) is 5.36. The number of unbranched alkanes of at least 4 members (excludes halogenated alkanes) is 1. The fourth-order valence-corrected chi connectivity index (χ4v) is 1.05. The molecular formula is C12H22O2. The van der Waals surface area contributed by atoms with Crippen molar-refractivity contribution in [1.82, 2.24) is 0 Å². The van der Waals surface area contributed by atoms with Crippen LogP contribution in [0.4, 0.5) is 0 Å². The molecule has 0 bridgehead atoms. The predicted octanol–water partition coefficient (Wildman–Crippen LogP) is 3.30. The molecule has 0 aromatic heterocycles. The van der Waals surface area contributed by atoms with E-state index in [1.54, 1.807) is 0 Å². The molecule has 2 nitrogen and oxygen atoms in total. The second-order valence-electron chi connectivity index (χ2n) is 2.85. The third-order valence-electron chi connectivity index (χ3n) is 1.69. The molecule has 0 aliphatic carbocycles. The summed E-state index contributed by atoms with van der Waals surface area (Å²) >= 11 is 0. The summed E-state index contributed by atoms with van der Waals surface area (Å²) in [6, 6.07) is 0. The molecule has 0 amide bonds. The third kappa shape index (κ3) is 8.02. The van der Waals surface area contributed by atoms with Gasteiger partial charge < -0.3 is 9.47 Å². The zero-order valence-corrected chi connectivity index (χ0v) is 9.53. The minimum absolute atomic E-state index is 0.171. The normalized spacial score (nSPS) is 12.3. The minimum atomic E-state index is -0.171. The summed E-state index contributed by atoms with van der Waals surface area (Å²) in [5, 5.41) is 0. The van der Waals surface area contributed by atoms with Gasteiger partial charge in [0.2, 0.25) is 0 Å². The van der Waals surface area contributed by atoms with Gasteiger partial charge in [0, 0.05) is 13.2 Å². The van der Waals surface area contributed by atoms with Crippen molar-refractivity contribution < 1.29 is 9.47 Å². The van der Waals surface area contributed by atoms with E-state index in [1.807, 2.05) is 26.8 Å². The van der Waals surface area contributed by atoms with Crippen molar-refractivity contribution in [1.29, 1.82) is 0 Å². The Morgan fingerprint density at radius 3 is 2.07 bits per heavy atom. The lowest BCUT2D eigenvalue weighted by atomic mass is 10.2. The van der Waals surface area contributed by atoms with E-state index in [1.165, 1.54) is 0 Å². The Morgan fingerprint density at radius 1 is 1.00 bits per heavy atom. The summed E-state index contributed by atoms with van der Waals surface area (Å²) in [5.74, 6) is 0. The molecule has 0 saturated carbocycles. The van der Waals surface area contributed by atoms with Crippen LogP contribution in [0.2, 0.25) is 0 Å². The van der Waals surface area contributed by atoms with Crippen LogP contribution in [-0.2, 0) is 9.47 Å². The van der Waals surface area contributed by atoms with E-state index in [0.717, 1.165) is 12.8 Å². The fourth-order valence-electron chi connectivity index (χ4n) is 1.05. The molecule has 0 radical (unpaired) electrons. The van der Waals surface area contributed by atoms with Gasteiger partial charge in [-0.1, -0.05) is 18.2 Å². The number of hydrogen-bond acceptors (Lipinski definition) is 2. The molecule has 0 aliphatic heterocycles. The highest BCUT2D eigenvalue weighted by atomic mass is 16.7. The van der Waals surface area contributed by atoms with Crippen molar-refractivity contribution >= 4 is 0 Å². The molecular weight excluding hydrogens is 176 g/mol. The average Bonchev–Trinajstić information content (AvgIpc) is 2.18. The third-order valence-corrected chi connectivity index (χ3v) is 1.69. The molecule has 0 aliphatic rings. The van der Waals surface area contributed by atoms with Gasteiger partial charge in [0.25, 0.3) is 0 Å². The number of allylic oxidation sites excluding steroid dienone is 3. The van der Waals surface area contributed by atoms with E-state index in [2.05, 4.69) is 18.2 Å². The SMILES string of the molecule is C/C=C/CC/C=C/C(OCC)OCC. The van der Waals surface area contributed by atoms with Crippen molar-refractivity contribution in [2.24, 2.45) is 0 Å². The van der Waals surface area contributed by atoms with Crippen LogP contribution in [0, 0.1) is 0 Å². The smallest absolute Gasteiger partial charge is 0.176 e. The predicted molar refractivity (Wildman–Crippen MR) is 60.2 cm³/mol. The van der Waals surface area contributed by atoms with Crippen LogP contribution in [0.25, 0.3) is 0 Å². The summed E-state index contributed by atoms with van der Waals surface area (Å²) in [5.41, 5.74) is 0. The first-order chi connectivity index (χ1) is 6.85. The zero-order chi connectivity index (χ0) is 10.6. The topological polar surface area (TPSA) is 18.5 Å². The van der Waals surface area contributed by atoms with Crippen molar-refractivity contribution in [3.8, 4) is 0 Å². The average molecular weight is 198 g/mol. The lowest BCUT2D eigenvalue weighted by molar-refractivity contribution is -0.104. The van der Waals surface area contributed by atoms with Crippen LogP contribution in [-0.4, -0.2) is 19.5 Å². The van der Waals surface area contributed by atoms with Crippen molar-refractivity contribution in [3.05, 3.63) is 24.3 Å². The van der Waals surface area contributed by atoms with Crippen LogP contribution in [0.1, 0.15) is 33.6 Å². The highest BCUT2D eigenvalue weighted by molar-refractivity contribution is 4.88. The Kier molecular flexibility index (Phi) is 10.0. The molecule has 2 heteroatoms. The maximum atomic E-state index is 5.36. The summed E-state index contributed by atoms with van der Waals surface area (Å²) in [7, 11) is 0. The fraction of sp³-hybridized carbons (Fsp3) is 0.667. The molecule has 0 fully saturated rings. The Hall–Kier alpha value is -0.600. The van der Waals surface area contributed by atoms with Gasteiger partial charge in [-0.3, -0.25) is 0 Å². The van der Waals surface area contributed by atoms with Crippen molar-refractivity contribution in [2.75, 3.05) is 13.2 Å². The summed E-state index contributed by atoms with van der Waals surface area (Å²) in [6.45, 7) is 7.35. The van der Waals surface area contributed by atoms with Gasteiger partial charge >= 0.3 is 0 Å². The molecule has 0 saturated heterocycles. The lowest BCUT2D eigenvalue weighted by Crippen LogP contribution is -2.13. The van der Waals surface area contributed by atoms with E-state index < -0.39 is 0 Å². The second-order valence-corrected chi connectivity index (χ2v) is 2.85. The van der Waals surface area contributed by atoms with Gasteiger partial charge in [-0.05, 0) is 39.7 Å². The summed E-state index contributed by atoms with van der Waals surface area (Å²) in [4.78, 5) is 0. The van der Waals surface area contributed by atoms with Gasteiger partial charge in [0.15, 0.2) is 6.29 Å². The monoisotopic (exact) mass is 198 g/mol. The highest BCUT2D eigenvalue weighted by Gasteiger charge is 2.00. The molecule has 0 unspecified atom stereocenters. The van der Waals surface area contributed by atoms with Crippen LogP contribution < -0.4 is 0 Å². The van der Waals surface area contributed by atoms with E-state index in [4.69, 9.17) is 9.47 Å². The molecule has 0 rings (SSSR count). The quantitative estimate of drug-likeness (QED) is 0.338. The highest BCUT2D eigenvalue weighted by Crippen LogP contribution is 2.00. The van der Waals surface area contributed by atoms with Gasteiger partial charge in [0.1, 0.15) is 0 Å². The minimum Gasteiger partial charge on any atom is -0.349 e. The first kappa shape index (κ1) is 13.4. The second kappa shape index (κ2) is 10.5.